The first-order valence-electron chi connectivity index (χ1n) is 5.17. The molecule has 0 saturated carbocycles. The van der Waals surface area contributed by atoms with E-state index >= 15 is 0 Å². The van der Waals surface area contributed by atoms with Crippen LogP contribution in [0.25, 0.3) is 11.4 Å². The molecular formula is C13H12N2. The summed E-state index contributed by atoms with van der Waals surface area (Å²) in [5.41, 5.74) is 6.87. The van der Waals surface area contributed by atoms with Crippen LogP contribution in [0.1, 0.15) is 22.5 Å². The van der Waals surface area contributed by atoms with E-state index in [4.69, 9.17) is 0 Å². The smallest absolute Gasteiger partial charge is 0.0927 e. The van der Waals surface area contributed by atoms with Crippen molar-refractivity contribution in [2.24, 2.45) is 0 Å². The third-order valence-electron chi connectivity index (χ3n) is 2.84. The Hall–Kier alpha value is -1.70. The first-order chi connectivity index (χ1) is 7.24. The van der Waals surface area contributed by atoms with Crippen LogP contribution in [0, 0.1) is 13.8 Å². The van der Waals surface area contributed by atoms with E-state index in [2.05, 4.69) is 34.2 Å². The highest BCUT2D eigenvalue weighted by Crippen LogP contribution is 2.33. The molecular weight excluding hydrogens is 184 g/mol. The SMILES string of the molecule is Cc1ccc2c(n1)-c1nc(C)ccc1C2. The maximum Gasteiger partial charge on any atom is 0.0927 e. The van der Waals surface area contributed by atoms with Crippen molar-refractivity contribution in [1.82, 2.24) is 9.97 Å². The maximum atomic E-state index is 4.57. The highest BCUT2D eigenvalue weighted by atomic mass is 14.8. The number of pyridine rings is 2. The summed E-state index contributed by atoms with van der Waals surface area (Å²) in [7, 11) is 0. The van der Waals surface area contributed by atoms with Gasteiger partial charge >= 0.3 is 0 Å². The zero-order valence-electron chi connectivity index (χ0n) is 8.91. The van der Waals surface area contributed by atoms with Crippen LogP contribution >= 0.6 is 0 Å². The average Bonchev–Trinajstić information content (AvgIpc) is 2.56. The van der Waals surface area contributed by atoms with Crippen molar-refractivity contribution in [2.45, 2.75) is 20.3 Å². The number of aryl methyl sites for hydroxylation is 2. The molecule has 0 fully saturated rings. The molecule has 74 valence electrons. The van der Waals surface area contributed by atoms with Gasteiger partial charge in [-0.2, -0.15) is 0 Å². The lowest BCUT2D eigenvalue weighted by Crippen LogP contribution is -1.90. The fourth-order valence-electron chi connectivity index (χ4n) is 2.07. The van der Waals surface area contributed by atoms with Gasteiger partial charge < -0.3 is 0 Å². The molecule has 0 aliphatic heterocycles. The van der Waals surface area contributed by atoms with E-state index in [9.17, 15) is 0 Å². The number of nitrogens with zero attached hydrogens (tertiary/aromatic N) is 2. The Balaban J connectivity index is 2.28. The molecule has 0 spiro atoms. The van der Waals surface area contributed by atoms with E-state index in [0.717, 1.165) is 29.2 Å². The molecule has 0 saturated heterocycles. The molecule has 0 atom stereocenters. The van der Waals surface area contributed by atoms with Crippen LogP contribution in [-0.2, 0) is 6.42 Å². The summed E-state index contributed by atoms with van der Waals surface area (Å²) in [4.78, 5) is 9.15. The standard InChI is InChI=1S/C13H12N2/c1-8-3-5-10-7-11-6-4-9(2)15-13(11)12(10)14-8/h3-6H,7H2,1-2H3. The lowest BCUT2D eigenvalue weighted by atomic mass is 10.2. The molecule has 0 bridgehead atoms. The predicted octanol–water partition coefficient (Wildman–Crippen LogP) is 2.66. The van der Waals surface area contributed by atoms with E-state index in [1.54, 1.807) is 0 Å². The highest BCUT2D eigenvalue weighted by Gasteiger charge is 2.20. The molecule has 2 aromatic rings. The third kappa shape index (κ3) is 1.25. The topological polar surface area (TPSA) is 25.8 Å². The van der Waals surface area contributed by atoms with Crippen molar-refractivity contribution in [2.75, 3.05) is 0 Å². The molecule has 0 unspecified atom stereocenters. The second kappa shape index (κ2) is 2.89. The van der Waals surface area contributed by atoms with Gasteiger partial charge in [0.15, 0.2) is 0 Å². The molecule has 2 heterocycles. The Morgan fingerprint density at radius 3 is 1.73 bits per heavy atom. The van der Waals surface area contributed by atoms with Gasteiger partial charge in [-0.3, -0.25) is 9.97 Å². The van der Waals surface area contributed by atoms with Gasteiger partial charge in [-0.25, -0.2) is 0 Å². The molecule has 1 aliphatic rings. The van der Waals surface area contributed by atoms with Crippen molar-refractivity contribution in [1.29, 1.82) is 0 Å². The summed E-state index contributed by atoms with van der Waals surface area (Å²) in [5.74, 6) is 0. The lowest BCUT2D eigenvalue weighted by molar-refractivity contribution is 1.15. The van der Waals surface area contributed by atoms with Crippen molar-refractivity contribution in [3.63, 3.8) is 0 Å². The van der Waals surface area contributed by atoms with Crippen LogP contribution in [0.4, 0.5) is 0 Å². The van der Waals surface area contributed by atoms with Crippen molar-refractivity contribution >= 4 is 0 Å². The van der Waals surface area contributed by atoms with Gasteiger partial charge in [0.2, 0.25) is 0 Å². The van der Waals surface area contributed by atoms with Crippen molar-refractivity contribution in [3.8, 4) is 11.4 Å². The summed E-state index contributed by atoms with van der Waals surface area (Å²) < 4.78 is 0. The van der Waals surface area contributed by atoms with E-state index < -0.39 is 0 Å². The zero-order valence-corrected chi connectivity index (χ0v) is 8.91. The largest absolute Gasteiger partial charge is 0.251 e. The van der Waals surface area contributed by atoms with Gasteiger partial charge in [0, 0.05) is 17.8 Å². The Bertz CT molecular complexity index is 495. The van der Waals surface area contributed by atoms with Crippen LogP contribution in [0.2, 0.25) is 0 Å². The number of hydrogen-bond acceptors (Lipinski definition) is 2. The molecule has 1 aliphatic carbocycles. The van der Waals surface area contributed by atoms with E-state index in [1.165, 1.54) is 11.1 Å². The normalized spacial score (nSPS) is 12.4. The average molecular weight is 196 g/mol. The molecule has 0 aromatic carbocycles. The van der Waals surface area contributed by atoms with Gasteiger partial charge in [-0.1, -0.05) is 12.1 Å². The maximum absolute atomic E-state index is 4.57. The number of rotatable bonds is 0. The highest BCUT2D eigenvalue weighted by molar-refractivity contribution is 5.70. The van der Waals surface area contributed by atoms with E-state index in [0.29, 0.717) is 0 Å². The number of hydrogen-bond donors (Lipinski definition) is 0. The second-order valence-electron chi connectivity index (χ2n) is 4.10. The molecule has 3 rings (SSSR count). The molecule has 0 radical (unpaired) electrons. The zero-order chi connectivity index (χ0) is 10.4. The Morgan fingerprint density at radius 1 is 0.800 bits per heavy atom. The van der Waals surface area contributed by atoms with Gasteiger partial charge in [-0.05, 0) is 37.1 Å². The lowest BCUT2D eigenvalue weighted by Gasteiger charge is -2.01. The third-order valence-corrected chi connectivity index (χ3v) is 2.84. The van der Waals surface area contributed by atoms with Crippen LogP contribution < -0.4 is 0 Å². The molecule has 0 amide bonds. The fourth-order valence-corrected chi connectivity index (χ4v) is 2.07. The summed E-state index contributed by atoms with van der Waals surface area (Å²) in [6.07, 6.45) is 0.977. The van der Waals surface area contributed by atoms with Gasteiger partial charge in [-0.15, -0.1) is 0 Å². The van der Waals surface area contributed by atoms with Crippen LogP contribution in [-0.4, -0.2) is 9.97 Å². The first-order valence-corrected chi connectivity index (χ1v) is 5.17. The molecule has 0 N–H and O–H groups in total. The minimum atomic E-state index is 0.977. The monoisotopic (exact) mass is 196 g/mol. The number of fused-ring (bicyclic) bond motifs is 3. The Labute approximate surface area is 89.0 Å². The quantitative estimate of drug-likeness (QED) is 0.552. The van der Waals surface area contributed by atoms with Gasteiger partial charge in [0.05, 0.1) is 11.4 Å². The van der Waals surface area contributed by atoms with Crippen LogP contribution in [0.5, 0.6) is 0 Å². The Morgan fingerprint density at radius 2 is 1.27 bits per heavy atom. The second-order valence-corrected chi connectivity index (χ2v) is 4.10. The van der Waals surface area contributed by atoms with Gasteiger partial charge in [0.1, 0.15) is 0 Å². The Kier molecular flexibility index (Phi) is 1.66. The minimum absolute atomic E-state index is 0.977. The minimum Gasteiger partial charge on any atom is -0.251 e. The summed E-state index contributed by atoms with van der Waals surface area (Å²) in [6, 6.07) is 8.46. The number of aromatic nitrogens is 2. The fraction of sp³-hybridized carbons (Fsp3) is 0.231. The van der Waals surface area contributed by atoms with Crippen molar-refractivity contribution in [3.05, 3.63) is 46.8 Å². The van der Waals surface area contributed by atoms with Crippen LogP contribution in [0.15, 0.2) is 24.3 Å². The summed E-state index contributed by atoms with van der Waals surface area (Å²) in [6.45, 7) is 4.04. The first kappa shape index (κ1) is 8.60. The molecule has 2 nitrogen and oxygen atoms in total. The molecule has 15 heavy (non-hydrogen) atoms. The van der Waals surface area contributed by atoms with E-state index in [1.807, 2.05) is 13.8 Å². The van der Waals surface area contributed by atoms with Gasteiger partial charge in [0.25, 0.3) is 0 Å². The predicted molar refractivity (Wildman–Crippen MR) is 59.7 cm³/mol. The van der Waals surface area contributed by atoms with Crippen molar-refractivity contribution < 1.29 is 0 Å². The summed E-state index contributed by atoms with van der Waals surface area (Å²) >= 11 is 0. The molecule has 2 aromatic heterocycles. The van der Waals surface area contributed by atoms with E-state index in [-0.39, 0.29) is 0 Å². The summed E-state index contributed by atoms with van der Waals surface area (Å²) in [5, 5.41) is 0. The molecule has 2 heteroatoms. The van der Waals surface area contributed by atoms with Crippen LogP contribution in [0.3, 0.4) is 0 Å².